The largest absolute Gasteiger partial charge is 0.333 e. The topological polar surface area (TPSA) is 59.6 Å². The molecule has 0 fully saturated rings. The van der Waals surface area contributed by atoms with Gasteiger partial charge in [-0.25, -0.2) is 4.98 Å². The zero-order valence-electron chi connectivity index (χ0n) is 20.7. The summed E-state index contributed by atoms with van der Waals surface area (Å²) in [5, 5.41) is 0.451. The molecule has 36 heavy (non-hydrogen) atoms. The molecule has 1 amide bonds. The molecule has 2 aromatic carbocycles. The summed E-state index contributed by atoms with van der Waals surface area (Å²) in [6.07, 6.45) is 3.62. The second kappa shape index (κ2) is 10.2. The lowest BCUT2D eigenvalue weighted by molar-refractivity contribution is 0.0730. The Morgan fingerprint density at radius 2 is 1.61 bits per heavy atom. The summed E-state index contributed by atoms with van der Waals surface area (Å²) < 4.78 is 3.47. The average Bonchev–Trinajstić information content (AvgIpc) is 3.26. The van der Waals surface area contributed by atoms with Crippen LogP contribution in [0.25, 0.3) is 16.7 Å². The fourth-order valence-corrected chi connectivity index (χ4v) is 4.63. The van der Waals surface area contributed by atoms with E-state index in [1.165, 1.54) is 0 Å². The van der Waals surface area contributed by atoms with Gasteiger partial charge in [-0.15, -0.1) is 0 Å². The van der Waals surface area contributed by atoms with Crippen molar-refractivity contribution in [3.05, 3.63) is 118 Å². The quantitative estimate of drug-likeness (QED) is 0.298. The summed E-state index contributed by atoms with van der Waals surface area (Å²) in [7, 11) is 0. The Labute approximate surface area is 210 Å². The van der Waals surface area contributed by atoms with E-state index in [0.29, 0.717) is 42.0 Å². The standard InChI is InChI=1S/C30H30N4O2/c1-3-4-17-32(20-23-13-7-5-8-14-23)30(36)26-19-25-28(34(26)21-24-15-9-6-10-16-24)31-27-22(2)12-11-18-33(27)29(25)35/h5-16,18-19H,3-4,17,20-21H2,1-2H3. The molecule has 182 valence electrons. The van der Waals surface area contributed by atoms with Gasteiger partial charge in [-0.05, 0) is 42.2 Å². The first-order valence-electron chi connectivity index (χ1n) is 12.4. The number of aromatic nitrogens is 3. The Balaban J connectivity index is 1.68. The number of hydrogen-bond acceptors (Lipinski definition) is 3. The lowest BCUT2D eigenvalue weighted by Gasteiger charge is -2.23. The van der Waals surface area contributed by atoms with E-state index in [2.05, 4.69) is 6.92 Å². The lowest BCUT2D eigenvalue weighted by Crippen LogP contribution is -2.33. The van der Waals surface area contributed by atoms with Gasteiger partial charge in [0.1, 0.15) is 17.0 Å². The van der Waals surface area contributed by atoms with Gasteiger partial charge >= 0.3 is 0 Å². The second-order valence-corrected chi connectivity index (χ2v) is 9.21. The first-order chi connectivity index (χ1) is 17.6. The van der Waals surface area contributed by atoms with Gasteiger partial charge < -0.3 is 9.47 Å². The van der Waals surface area contributed by atoms with Gasteiger partial charge in [-0.2, -0.15) is 0 Å². The maximum atomic E-state index is 14.1. The van der Waals surface area contributed by atoms with Crippen LogP contribution in [0.1, 0.15) is 46.9 Å². The van der Waals surface area contributed by atoms with E-state index in [1.807, 2.05) is 89.2 Å². The van der Waals surface area contributed by atoms with E-state index in [-0.39, 0.29) is 11.5 Å². The molecule has 5 aromatic rings. The molecule has 0 radical (unpaired) electrons. The summed E-state index contributed by atoms with van der Waals surface area (Å²) in [5.74, 6) is -0.0913. The van der Waals surface area contributed by atoms with Crippen molar-refractivity contribution in [2.75, 3.05) is 6.54 Å². The molecule has 3 heterocycles. The average molecular weight is 479 g/mol. The second-order valence-electron chi connectivity index (χ2n) is 9.21. The summed E-state index contributed by atoms with van der Waals surface area (Å²) >= 11 is 0. The molecule has 6 heteroatoms. The molecule has 5 rings (SSSR count). The highest BCUT2D eigenvalue weighted by Crippen LogP contribution is 2.22. The van der Waals surface area contributed by atoms with Gasteiger partial charge in [0.2, 0.25) is 0 Å². The maximum absolute atomic E-state index is 14.1. The highest BCUT2D eigenvalue weighted by atomic mass is 16.2. The minimum atomic E-state index is -0.164. The predicted octanol–water partition coefficient (Wildman–Crippen LogP) is 5.45. The molecule has 0 bridgehead atoms. The molecule has 0 aliphatic heterocycles. The van der Waals surface area contributed by atoms with E-state index >= 15 is 0 Å². The molecule has 0 atom stereocenters. The lowest BCUT2D eigenvalue weighted by atomic mass is 10.2. The zero-order valence-corrected chi connectivity index (χ0v) is 20.7. The Morgan fingerprint density at radius 1 is 0.917 bits per heavy atom. The number of hydrogen-bond donors (Lipinski definition) is 0. The molecular weight excluding hydrogens is 448 g/mol. The number of nitrogens with zero attached hydrogens (tertiary/aromatic N) is 4. The van der Waals surface area contributed by atoms with Crippen LogP contribution in [-0.4, -0.2) is 31.3 Å². The molecule has 0 aliphatic rings. The van der Waals surface area contributed by atoms with Crippen LogP contribution in [0.2, 0.25) is 0 Å². The SMILES string of the molecule is CCCCN(Cc1ccccc1)C(=O)c1cc2c(=O)n3cccc(C)c3nc2n1Cc1ccccc1. The Kier molecular flexibility index (Phi) is 6.67. The minimum Gasteiger partial charge on any atom is -0.333 e. The summed E-state index contributed by atoms with van der Waals surface area (Å²) in [4.78, 5) is 34.4. The van der Waals surface area contributed by atoms with Crippen molar-refractivity contribution in [3.8, 4) is 0 Å². The Bertz CT molecular complexity index is 1570. The highest BCUT2D eigenvalue weighted by molar-refractivity contribution is 5.98. The number of benzene rings is 2. The van der Waals surface area contributed by atoms with Crippen molar-refractivity contribution < 1.29 is 4.79 Å². The first-order valence-corrected chi connectivity index (χ1v) is 12.4. The van der Waals surface area contributed by atoms with E-state index in [9.17, 15) is 9.59 Å². The van der Waals surface area contributed by atoms with Crippen LogP contribution >= 0.6 is 0 Å². The molecule has 0 N–H and O–H groups in total. The van der Waals surface area contributed by atoms with Crippen molar-refractivity contribution in [1.82, 2.24) is 18.9 Å². The molecule has 0 saturated heterocycles. The maximum Gasteiger partial charge on any atom is 0.270 e. The van der Waals surface area contributed by atoms with E-state index in [0.717, 1.165) is 29.5 Å². The van der Waals surface area contributed by atoms with Crippen LogP contribution in [0.4, 0.5) is 0 Å². The summed E-state index contributed by atoms with van der Waals surface area (Å²) in [6.45, 7) is 5.67. The van der Waals surface area contributed by atoms with Crippen LogP contribution in [0.15, 0.2) is 89.9 Å². The Morgan fingerprint density at radius 3 is 2.31 bits per heavy atom. The van der Waals surface area contributed by atoms with Gasteiger partial charge in [0.15, 0.2) is 0 Å². The molecule has 0 spiro atoms. The first kappa shape index (κ1) is 23.5. The number of carbonyl (C=O) groups excluding carboxylic acids is 1. The minimum absolute atomic E-state index is 0.0913. The van der Waals surface area contributed by atoms with Crippen LogP contribution in [0.5, 0.6) is 0 Å². The molecule has 0 unspecified atom stereocenters. The van der Waals surface area contributed by atoms with Crippen molar-refractivity contribution in [2.24, 2.45) is 0 Å². The van der Waals surface area contributed by atoms with E-state index in [1.54, 1.807) is 16.7 Å². The number of rotatable bonds is 8. The highest BCUT2D eigenvalue weighted by Gasteiger charge is 2.24. The molecule has 6 nitrogen and oxygen atoms in total. The zero-order chi connectivity index (χ0) is 25.1. The summed E-state index contributed by atoms with van der Waals surface area (Å²) in [5.41, 5.74) is 4.49. The number of fused-ring (bicyclic) bond motifs is 2. The van der Waals surface area contributed by atoms with E-state index < -0.39 is 0 Å². The smallest absolute Gasteiger partial charge is 0.270 e. The van der Waals surface area contributed by atoms with Crippen molar-refractivity contribution in [2.45, 2.75) is 39.8 Å². The van der Waals surface area contributed by atoms with Crippen molar-refractivity contribution in [1.29, 1.82) is 0 Å². The fraction of sp³-hybridized carbons (Fsp3) is 0.233. The van der Waals surface area contributed by atoms with Gasteiger partial charge in [0, 0.05) is 25.8 Å². The predicted molar refractivity (Wildman–Crippen MR) is 143 cm³/mol. The van der Waals surface area contributed by atoms with Gasteiger partial charge in [-0.3, -0.25) is 14.0 Å². The Hall–Kier alpha value is -4.19. The van der Waals surface area contributed by atoms with Gasteiger partial charge in [-0.1, -0.05) is 80.1 Å². The molecule has 0 saturated carbocycles. The van der Waals surface area contributed by atoms with E-state index in [4.69, 9.17) is 4.98 Å². The third-order valence-electron chi connectivity index (χ3n) is 6.58. The van der Waals surface area contributed by atoms with Crippen molar-refractivity contribution in [3.63, 3.8) is 0 Å². The van der Waals surface area contributed by atoms with Gasteiger partial charge in [0.05, 0.1) is 5.39 Å². The number of pyridine rings is 1. The number of aryl methyl sites for hydroxylation is 1. The molecular formula is C30H30N4O2. The number of unbranched alkanes of at least 4 members (excludes halogenated alkanes) is 1. The van der Waals surface area contributed by atoms with Crippen LogP contribution < -0.4 is 5.56 Å². The van der Waals surface area contributed by atoms with Crippen LogP contribution in [0, 0.1) is 6.92 Å². The fourth-order valence-electron chi connectivity index (χ4n) is 4.63. The molecule has 3 aromatic heterocycles. The van der Waals surface area contributed by atoms with Crippen molar-refractivity contribution >= 4 is 22.6 Å². The third-order valence-corrected chi connectivity index (χ3v) is 6.58. The van der Waals surface area contributed by atoms with Gasteiger partial charge in [0.25, 0.3) is 11.5 Å². The number of carbonyl (C=O) groups is 1. The molecule has 0 aliphatic carbocycles. The van der Waals surface area contributed by atoms with Crippen LogP contribution in [-0.2, 0) is 13.1 Å². The number of amides is 1. The summed E-state index contributed by atoms with van der Waals surface area (Å²) in [6, 6.07) is 25.5. The van der Waals surface area contributed by atoms with Crippen LogP contribution in [0.3, 0.4) is 0 Å². The normalized spacial score (nSPS) is 11.3. The monoisotopic (exact) mass is 478 g/mol. The third kappa shape index (κ3) is 4.54.